The maximum Gasteiger partial charge on any atom is 0.257 e. The largest absolute Gasteiger partial charge is 0.352 e. The molecule has 0 unspecified atom stereocenters. The monoisotopic (exact) mass is 245 g/mol. The molecule has 3 atom stereocenters. The highest BCUT2D eigenvalue weighted by Crippen LogP contribution is 2.37. The van der Waals surface area contributed by atoms with E-state index in [0.29, 0.717) is 13.0 Å². The van der Waals surface area contributed by atoms with Crippen molar-refractivity contribution in [3.63, 3.8) is 0 Å². The van der Waals surface area contributed by atoms with Crippen LogP contribution >= 0.6 is 0 Å². The van der Waals surface area contributed by atoms with Crippen molar-refractivity contribution in [2.75, 3.05) is 6.61 Å². The van der Waals surface area contributed by atoms with Crippen molar-refractivity contribution >= 4 is 5.91 Å². The second kappa shape index (κ2) is 4.33. The first-order valence-electron chi connectivity index (χ1n) is 5.86. The quantitative estimate of drug-likeness (QED) is 0.628. The van der Waals surface area contributed by atoms with Crippen LogP contribution in [0.25, 0.3) is 0 Å². The van der Waals surface area contributed by atoms with E-state index in [0.717, 1.165) is 5.56 Å². The predicted molar refractivity (Wildman–Crippen MR) is 61.5 cm³/mol. The molecule has 2 aliphatic rings. The summed E-state index contributed by atoms with van der Waals surface area (Å²) in [5, 5.41) is 3.66. The van der Waals surface area contributed by atoms with Crippen LogP contribution in [0, 0.1) is 5.53 Å². The van der Waals surface area contributed by atoms with Crippen molar-refractivity contribution in [1.29, 1.82) is 5.53 Å². The first-order chi connectivity index (χ1) is 8.81. The highest BCUT2D eigenvalue weighted by atomic mass is 16.5. The lowest BCUT2D eigenvalue weighted by Crippen LogP contribution is -2.32. The summed E-state index contributed by atoms with van der Waals surface area (Å²) in [6.45, 7) is 0.523. The van der Waals surface area contributed by atoms with Gasteiger partial charge in [-0.25, -0.2) is 0 Å². The maximum atomic E-state index is 12.2. The molecule has 1 aromatic carbocycles. The molecule has 0 aromatic heterocycles. The van der Waals surface area contributed by atoms with E-state index in [2.05, 4.69) is 10.0 Å². The Kier molecular flexibility index (Phi) is 2.66. The minimum absolute atomic E-state index is 0.0539. The second-order valence-corrected chi connectivity index (χ2v) is 4.46. The van der Waals surface area contributed by atoms with Crippen LogP contribution in [0.4, 0.5) is 0 Å². The molecule has 2 aliphatic heterocycles. The summed E-state index contributed by atoms with van der Waals surface area (Å²) in [5.41, 5.74) is 7.70. The van der Waals surface area contributed by atoms with E-state index in [9.17, 15) is 4.79 Å². The molecule has 2 fully saturated rings. The van der Waals surface area contributed by atoms with Crippen LogP contribution < -0.4 is 4.91 Å². The van der Waals surface area contributed by atoms with Gasteiger partial charge in [-0.1, -0.05) is 30.3 Å². The van der Waals surface area contributed by atoms with Crippen molar-refractivity contribution in [1.82, 2.24) is 9.81 Å². The molecule has 2 saturated heterocycles. The van der Waals surface area contributed by atoms with Gasteiger partial charge in [-0.3, -0.25) is 4.79 Å². The molecule has 0 bridgehead atoms. The Bertz CT molecular complexity index is 512. The minimum atomic E-state index is -0.511. The van der Waals surface area contributed by atoms with E-state index in [-0.39, 0.29) is 18.2 Å². The molecule has 6 heteroatoms. The molecule has 0 radical (unpaired) electrons. The van der Waals surface area contributed by atoms with Gasteiger partial charge in [0.1, 0.15) is 10.6 Å². The smallest absolute Gasteiger partial charge is 0.257 e. The topological polar surface area (TPSA) is 79.9 Å². The van der Waals surface area contributed by atoms with E-state index in [4.69, 9.17) is 10.3 Å². The van der Waals surface area contributed by atoms with Crippen LogP contribution in [0.15, 0.2) is 35.4 Å². The molecule has 18 heavy (non-hydrogen) atoms. The Balaban J connectivity index is 1.88. The fourth-order valence-corrected chi connectivity index (χ4v) is 2.60. The van der Waals surface area contributed by atoms with Crippen LogP contribution in [0.2, 0.25) is 0 Å². The molecule has 0 aliphatic carbocycles. The van der Waals surface area contributed by atoms with Gasteiger partial charge >= 0.3 is 0 Å². The highest BCUT2D eigenvalue weighted by Gasteiger charge is 2.50. The van der Waals surface area contributed by atoms with Crippen molar-refractivity contribution in [3.05, 3.63) is 35.9 Å². The summed E-state index contributed by atoms with van der Waals surface area (Å²) >= 11 is 0. The number of benzene rings is 1. The normalized spacial score (nSPS) is 30.1. The lowest BCUT2D eigenvalue weighted by atomic mass is 10.2. The number of carbonyl (C=O) groups excluding carboxylic acids is 1. The Hall–Kier alpha value is -2.04. The molecule has 1 aromatic rings. The first kappa shape index (κ1) is 11.1. The average molecular weight is 245 g/mol. The number of hydrogen-bond donors (Lipinski definition) is 1. The van der Waals surface area contributed by atoms with Crippen molar-refractivity contribution in [3.8, 4) is 0 Å². The number of nitrogens with one attached hydrogen (secondary N) is 1. The van der Waals surface area contributed by atoms with Gasteiger partial charge < -0.3 is 9.64 Å². The SMILES string of the molecule is N=[N+]=N[C@H]1C[C@H]2CO[C@H](c3ccccc3)N2C1=O. The van der Waals surface area contributed by atoms with Crippen LogP contribution in [0.1, 0.15) is 18.2 Å². The number of rotatable bonds is 2. The molecular formula is C12H13N4O2+. The van der Waals surface area contributed by atoms with Gasteiger partial charge in [0.05, 0.1) is 12.6 Å². The van der Waals surface area contributed by atoms with Gasteiger partial charge in [0.15, 0.2) is 6.23 Å². The molecule has 3 rings (SSSR count). The molecule has 1 N–H and O–H groups in total. The zero-order valence-corrected chi connectivity index (χ0v) is 9.69. The van der Waals surface area contributed by atoms with Crippen LogP contribution in [0.5, 0.6) is 0 Å². The van der Waals surface area contributed by atoms with E-state index >= 15 is 0 Å². The molecule has 0 saturated carbocycles. The summed E-state index contributed by atoms with van der Waals surface area (Å²) in [5.74, 6) is -0.0950. The van der Waals surface area contributed by atoms with E-state index in [1.807, 2.05) is 30.3 Å². The van der Waals surface area contributed by atoms with Gasteiger partial charge in [-0.05, 0) is 0 Å². The van der Waals surface area contributed by atoms with Gasteiger partial charge in [0, 0.05) is 12.0 Å². The summed E-state index contributed by atoms with van der Waals surface area (Å²) in [6, 6.07) is 9.21. The van der Waals surface area contributed by atoms with E-state index in [1.54, 1.807) is 4.90 Å². The zero-order valence-electron chi connectivity index (χ0n) is 9.69. The van der Waals surface area contributed by atoms with Gasteiger partial charge in [-0.2, -0.15) is 0 Å². The highest BCUT2D eigenvalue weighted by molar-refractivity contribution is 5.85. The molecule has 1 amide bonds. The Morgan fingerprint density at radius 3 is 2.89 bits per heavy atom. The minimum Gasteiger partial charge on any atom is -0.352 e. The molecule has 0 spiro atoms. The fourth-order valence-electron chi connectivity index (χ4n) is 2.60. The maximum absolute atomic E-state index is 12.2. The lowest BCUT2D eigenvalue weighted by molar-refractivity contribution is -0.135. The van der Waals surface area contributed by atoms with Crippen molar-refractivity contribution in [2.24, 2.45) is 5.11 Å². The Morgan fingerprint density at radius 2 is 2.17 bits per heavy atom. The fraction of sp³-hybridized carbons (Fsp3) is 0.417. The zero-order chi connectivity index (χ0) is 12.5. The third kappa shape index (κ3) is 1.63. The van der Waals surface area contributed by atoms with Gasteiger partial charge in [0.2, 0.25) is 11.0 Å². The van der Waals surface area contributed by atoms with Crippen LogP contribution in [-0.4, -0.2) is 29.5 Å². The van der Waals surface area contributed by atoms with E-state index in [1.165, 1.54) is 0 Å². The van der Waals surface area contributed by atoms with Crippen LogP contribution in [0.3, 0.4) is 0 Å². The Morgan fingerprint density at radius 1 is 1.39 bits per heavy atom. The number of hydrogen-bond acceptors (Lipinski definition) is 4. The van der Waals surface area contributed by atoms with Gasteiger partial charge in [0.25, 0.3) is 5.91 Å². The average Bonchev–Trinajstić information content (AvgIpc) is 2.93. The third-order valence-corrected chi connectivity index (χ3v) is 3.41. The molecule has 2 heterocycles. The summed E-state index contributed by atoms with van der Waals surface area (Å²) in [4.78, 5) is 16.9. The van der Waals surface area contributed by atoms with E-state index < -0.39 is 6.04 Å². The number of nitrogens with zero attached hydrogens (tertiary/aromatic N) is 3. The summed E-state index contributed by atoms with van der Waals surface area (Å²) in [7, 11) is 0. The number of fused-ring (bicyclic) bond motifs is 1. The number of ether oxygens (including phenoxy) is 1. The lowest BCUT2D eigenvalue weighted by Gasteiger charge is -2.22. The van der Waals surface area contributed by atoms with Crippen molar-refractivity contribution < 1.29 is 9.53 Å². The molecular weight excluding hydrogens is 232 g/mol. The number of carbonyl (C=O) groups is 1. The standard InChI is InChI=1S/C12H13N4O2/c13-15-14-10-6-9-7-18-12(16(9)11(10)17)8-4-2-1-3-5-8/h1-5,9-10,12-13H,6-7H2/q+1/t9-,10-,12+/m0/s1. The number of amides is 1. The second-order valence-electron chi connectivity index (χ2n) is 4.46. The van der Waals surface area contributed by atoms with Gasteiger partial charge in [-0.15, -0.1) is 0 Å². The Labute approximate surface area is 104 Å². The summed E-state index contributed by atoms with van der Waals surface area (Å²) in [6.07, 6.45) is 0.263. The molecule has 6 nitrogen and oxygen atoms in total. The van der Waals surface area contributed by atoms with Crippen LogP contribution in [-0.2, 0) is 9.53 Å². The molecule has 92 valence electrons. The third-order valence-electron chi connectivity index (χ3n) is 3.41. The first-order valence-corrected chi connectivity index (χ1v) is 5.86. The van der Waals surface area contributed by atoms with Crippen molar-refractivity contribution in [2.45, 2.75) is 24.7 Å². The summed E-state index contributed by atoms with van der Waals surface area (Å²) < 4.78 is 5.69. The predicted octanol–water partition coefficient (Wildman–Crippen LogP) is 1.24.